The number of aromatic nitrogens is 1. The van der Waals surface area contributed by atoms with Crippen LogP contribution < -0.4 is 11.3 Å². The van der Waals surface area contributed by atoms with Crippen LogP contribution in [0.25, 0.3) is 0 Å². The van der Waals surface area contributed by atoms with Crippen molar-refractivity contribution >= 4 is 23.3 Å². The molecule has 0 amide bonds. The molecule has 0 unspecified atom stereocenters. The summed E-state index contributed by atoms with van der Waals surface area (Å²) in [7, 11) is 0. The third kappa shape index (κ3) is 1.94. The van der Waals surface area contributed by atoms with E-state index in [2.05, 4.69) is 10.4 Å². The summed E-state index contributed by atoms with van der Waals surface area (Å²) >= 11 is 5.67. The lowest BCUT2D eigenvalue weighted by molar-refractivity contribution is 0.0696. The topological polar surface area (TPSA) is 88.2 Å². The number of nitrogens with two attached hydrogens (primary N) is 1. The van der Waals surface area contributed by atoms with Crippen molar-refractivity contribution in [3.63, 3.8) is 0 Å². The normalized spacial score (nSPS) is 9.93. The number of carbonyl (C=O) groups is 1. The van der Waals surface area contributed by atoms with Gasteiger partial charge in [0.15, 0.2) is 0 Å². The molecule has 0 aromatic carbocycles. The zero-order valence-corrected chi connectivity index (χ0v) is 8.30. The van der Waals surface area contributed by atoms with E-state index in [-0.39, 0.29) is 10.7 Å². The van der Waals surface area contributed by atoms with Crippen LogP contribution >= 0.6 is 11.6 Å². The Bertz CT molecular complexity index is 368. The summed E-state index contributed by atoms with van der Waals surface area (Å²) in [4.78, 5) is 14.6. The van der Waals surface area contributed by atoms with E-state index in [4.69, 9.17) is 22.6 Å². The van der Waals surface area contributed by atoms with Gasteiger partial charge >= 0.3 is 5.97 Å². The fourth-order valence-corrected chi connectivity index (χ4v) is 1.31. The van der Waals surface area contributed by atoms with Gasteiger partial charge in [-0.3, -0.25) is 5.84 Å². The average molecular weight is 216 g/mol. The summed E-state index contributed by atoms with van der Waals surface area (Å²) < 4.78 is 0. The fourth-order valence-electron chi connectivity index (χ4n) is 1.07. The van der Waals surface area contributed by atoms with Gasteiger partial charge in [-0.15, -0.1) is 0 Å². The molecule has 6 heteroatoms. The number of anilines is 1. The molecule has 0 aliphatic carbocycles. The minimum Gasteiger partial charge on any atom is -0.478 e. The van der Waals surface area contributed by atoms with Crippen LogP contribution in [0.4, 0.5) is 5.69 Å². The number of aryl methyl sites for hydroxylation is 1. The highest BCUT2D eigenvalue weighted by molar-refractivity contribution is 6.32. The molecule has 1 heterocycles. The number of halogens is 1. The molecule has 4 N–H and O–H groups in total. The molecule has 76 valence electrons. The van der Waals surface area contributed by atoms with Crippen molar-refractivity contribution in [1.29, 1.82) is 0 Å². The number of nitrogens with one attached hydrogen (secondary N) is 1. The summed E-state index contributed by atoms with van der Waals surface area (Å²) in [6.07, 6.45) is 0.624. The third-order valence-corrected chi connectivity index (χ3v) is 2.06. The fraction of sp³-hybridized carbons (Fsp3) is 0.250. The van der Waals surface area contributed by atoms with Crippen LogP contribution in [-0.2, 0) is 6.42 Å². The molecule has 0 saturated carbocycles. The summed E-state index contributed by atoms with van der Waals surface area (Å²) in [5.74, 6) is 4.10. The van der Waals surface area contributed by atoms with Crippen LogP contribution in [-0.4, -0.2) is 16.1 Å². The quantitative estimate of drug-likeness (QED) is 0.402. The van der Waals surface area contributed by atoms with Crippen LogP contribution in [0, 0.1) is 0 Å². The maximum atomic E-state index is 10.7. The maximum Gasteiger partial charge on any atom is 0.338 e. The number of hydrogen-bond acceptors (Lipinski definition) is 4. The highest BCUT2D eigenvalue weighted by atomic mass is 35.5. The van der Waals surface area contributed by atoms with E-state index in [1.807, 2.05) is 6.92 Å². The molecule has 0 spiro atoms. The molecule has 0 aliphatic heterocycles. The number of nitrogens with zero attached hydrogens (tertiary/aromatic N) is 1. The van der Waals surface area contributed by atoms with Gasteiger partial charge in [-0.2, -0.15) is 0 Å². The first kappa shape index (κ1) is 10.7. The first-order valence-corrected chi connectivity index (χ1v) is 4.37. The number of carboxylic acid groups (broad SMARTS) is 1. The first-order valence-electron chi connectivity index (χ1n) is 3.99. The van der Waals surface area contributed by atoms with Gasteiger partial charge in [0.2, 0.25) is 0 Å². The Hall–Kier alpha value is -1.33. The largest absolute Gasteiger partial charge is 0.478 e. The van der Waals surface area contributed by atoms with E-state index >= 15 is 0 Å². The van der Waals surface area contributed by atoms with E-state index in [1.165, 1.54) is 6.07 Å². The predicted octanol–water partition coefficient (Wildman–Crippen LogP) is 1.28. The van der Waals surface area contributed by atoms with Crippen LogP contribution in [0.1, 0.15) is 23.0 Å². The second-order valence-electron chi connectivity index (χ2n) is 2.62. The van der Waals surface area contributed by atoms with Gasteiger partial charge in [-0.1, -0.05) is 18.5 Å². The number of hydrazine groups is 1. The van der Waals surface area contributed by atoms with Gasteiger partial charge in [-0.25, -0.2) is 9.78 Å². The highest BCUT2D eigenvalue weighted by Gasteiger charge is 2.13. The van der Waals surface area contributed by atoms with Gasteiger partial charge in [0.1, 0.15) is 5.15 Å². The van der Waals surface area contributed by atoms with Gasteiger partial charge in [0, 0.05) is 0 Å². The van der Waals surface area contributed by atoms with Crippen LogP contribution in [0.5, 0.6) is 0 Å². The molecular weight excluding hydrogens is 206 g/mol. The zero-order valence-electron chi connectivity index (χ0n) is 7.54. The van der Waals surface area contributed by atoms with Crippen molar-refractivity contribution < 1.29 is 9.90 Å². The lowest BCUT2D eigenvalue weighted by atomic mass is 10.2. The number of nitrogen functional groups attached to an aromatic ring is 1. The van der Waals surface area contributed by atoms with Crippen molar-refractivity contribution in [2.24, 2.45) is 5.84 Å². The van der Waals surface area contributed by atoms with Crippen LogP contribution in [0.2, 0.25) is 5.15 Å². The standard InChI is InChI=1S/C8H10ClN3O2/c1-2-5-6(12-10)3-4(8(13)14)7(9)11-5/h3,12H,2,10H2,1H3,(H,13,14). The Labute approximate surface area is 85.9 Å². The minimum atomic E-state index is -1.12. The van der Waals surface area contributed by atoms with Gasteiger partial charge in [0.25, 0.3) is 0 Å². The van der Waals surface area contributed by atoms with Crippen molar-refractivity contribution in [1.82, 2.24) is 4.98 Å². The maximum absolute atomic E-state index is 10.7. The molecule has 0 radical (unpaired) electrons. The number of pyridine rings is 1. The summed E-state index contributed by atoms with van der Waals surface area (Å²) in [6.45, 7) is 1.87. The highest BCUT2D eigenvalue weighted by Crippen LogP contribution is 2.21. The second-order valence-corrected chi connectivity index (χ2v) is 2.98. The van der Waals surface area contributed by atoms with E-state index in [0.29, 0.717) is 17.8 Å². The summed E-state index contributed by atoms with van der Waals surface area (Å²) in [6, 6.07) is 1.37. The predicted molar refractivity (Wildman–Crippen MR) is 53.4 cm³/mol. The number of rotatable bonds is 3. The Morgan fingerprint density at radius 1 is 1.79 bits per heavy atom. The van der Waals surface area contributed by atoms with Crippen molar-refractivity contribution in [2.45, 2.75) is 13.3 Å². The van der Waals surface area contributed by atoms with E-state index in [1.54, 1.807) is 0 Å². The smallest absolute Gasteiger partial charge is 0.338 e. The summed E-state index contributed by atoms with van der Waals surface area (Å²) in [5, 5.41) is 8.74. The Morgan fingerprint density at radius 3 is 2.86 bits per heavy atom. The zero-order chi connectivity index (χ0) is 10.7. The van der Waals surface area contributed by atoms with Crippen molar-refractivity contribution in [2.75, 3.05) is 5.43 Å². The lowest BCUT2D eigenvalue weighted by Crippen LogP contribution is -2.12. The Balaban J connectivity index is 3.30. The molecule has 0 aliphatic rings. The third-order valence-electron chi connectivity index (χ3n) is 1.78. The lowest BCUT2D eigenvalue weighted by Gasteiger charge is -2.08. The number of aromatic carboxylic acids is 1. The Kier molecular flexibility index (Phi) is 3.27. The second kappa shape index (κ2) is 4.26. The van der Waals surface area contributed by atoms with E-state index in [0.717, 1.165) is 0 Å². The van der Waals surface area contributed by atoms with Gasteiger partial charge in [-0.05, 0) is 12.5 Å². The molecule has 1 rings (SSSR count). The average Bonchev–Trinajstić information content (AvgIpc) is 2.16. The molecule has 14 heavy (non-hydrogen) atoms. The molecule has 1 aromatic rings. The molecule has 0 atom stereocenters. The molecule has 0 saturated heterocycles. The molecular formula is C8H10ClN3O2. The molecule has 0 fully saturated rings. The summed E-state index contributed by atoms with van der Waals surface area (Å²) in [5.41, 5.74) is 3.45. The monoisotopic (exact) mass is 215 g/mol. The van der Waals surface area contributed by atoms with Gasteiger partial charge < -0.3 is 10.5 Å². The Morgan fingerprint density at radius 2 is 2.43 bits per heavy atom. The van der Waals surface area contributed by atoms with Gasteiger partial charge in [0.05, 0.1) is 16.9 Å². The van der Waals surface area contributed by atoms with Crippen molar-refractivity contribution in [3.8, 4) is 0 Å². The van der Waals surface area contributed by atoms with Crippen LogP contribution in [0.15, 0.2) is 6.07 Å². The SMILES string of the molecule is CCc1nc(Cl)c(C(=O)O)cc1NN. The molecule has 1 aromatic heterocycles. The van der Waals surface area contributed by atoms with Crippen LogP contribution in [0.3, 0.4) is 0 Å². The van der Waals surface area contributed by atoms with Crippen molar-refractivity contribution in [3.05, 3.63) is 22.5 Å². The molecule has 5 nitrogen and oxygen atoms in total. The number of hydrogen-bond donors (Lipinski definition) is 3. The number of carboxylic acids is 1. The van der Waals surface area contributed by atoms with E-state index in [9.17, 15) is 4.79 Å². The molecule has 0 bridgehead atoms. The first-order chi connectivity index (χ1) is 6.60. The minimum absolute atomic E-state index is 0.0200. The van der Waals surface area contributed by atoms with E-state index < -0.39 is 5.97 Å².